The van der Waals surface area contributed by atoms with Crippen LogP contribution in [0.1, 0.15) is 36.5 Å². The molecule has 1 aliphatic rings. The zero-order valence-corrected chi connectivity index (χ0v) is 10.4. The summed E-state index contributed by atoms with van der Waals surface area (Å²) in [7, 11) is 0. The highest BCUT2D eigenvalue weighted by molar-refractivity contribution is 6.33. The number of nitrogens with zero attached hydrogens (tertiary/aromatic N) is 2. The first-order chi connectivity index (χ1) is 8.09. The summed E-state index contributed by atoms with van der Waals surface area (Å²) in [5, 5.41) is 9.27. The van der Waals surface area contributed by atoms with Crippen molar-refractivity contribution in [2.24, 2.45) is 0 Å². The molecule has 0 saturated carbocycles. The van der Waals surface area contributed by atoms with E-state index in [-0.39, 0.29) is 5.56 Å². The van der Waals surface area contributed by atoms with Crippen molar-refractivity contribution in [3.8, 4) is 0 Å². The summed E-state index contributed by atoms with van der Waals surface area (Å²) < 4.78 is 0. The minimum absolute atomic E-state index is 0.128. The summed E-state index contributed by atoms with van der Waals surface area (Å²) in [5.41, 5.74) is 0.128. The molecule has 1 unspecified atom stereocenters. The van der Waals surface area contributed by atoms with Gasteiger partial charge < -0.3 is 10.0 Å². The molecule has 1 saturated heterocycles. The average Bonchev–Trinajstić information content (AvgIpc) is 2.30. The van der Waals surface area contributed by atoms with Crippen molar-refractivity contribution in [2.75, 3.05) is 11.4 Å². The summed E-state index contributed by atoms with van der Waals surface area (Å²) in [6.45, 7) is 3.07. The van der Waals surface area contributed by atoms with E-state index in [2.05, 4.69) is 16.8 Å². The van der Waals surface area contributed by atoms with E-state index in [0.717, 1.165) is 19.4 Å². The summed E-state index contributed by atoms with van der Waals surface area (Å²) >= 11 is 6.10. The number of aromatic carboxylic acids is 1. The molecule has 0 aliphatic carbocycles. The Kier molecular flexibility index (Phi) is 3.52. The normalized spacial score (nSPS) is 20.4. The largest absolute Gasteiger partial charge is 0.478 e. The van der Waals surface area contributed by atoms with Crippen molar-refractivity contribution in [1.82, 2.24) is 4.98 Å². The lowest BCUT2D eigenvalue weighted by atomic mass is 10.0. The van der Waals surface area contributed by atoms with Gasteiger partial charge in [-0.1, -0.05) is 11.6 Å². The lowest BCUT2D eigenvalue weighted by Crippen LogP contribution is -2.38. The van der Waals surface area contributed by atoms with Gasteiger partial charge in [0.25, 0.3) is 0 Å². The van der Waals surface area contributed by atoms with Gasteiger partial charge in [-0.3, -0.25) is 0 Å². The van der Waals surface area contributed by atoms with Crippen LogP contribution in [-0.2, 0) is 0 Å². The van der Waals surface area contributed by atoms with Gasteiger partial charge in [-0.2, -0.15) is 0 Å². The highest BCUT2D eigenvalue weighted by Crippen LogP contribution is 2.29. The topological polar surface area (TPSA) is 53.4 Å². The summed E-state index contributed by atoms with van der Waals surface area (Å²) in [5.74, 6) is -0.304. The summed E-state index contributed by atoms with van der Waals surface area (Å²) in [6.07, 6.45) is 4.84. The van der Waals surface area contributed by atoms with Gasteiger partial charge in [-0.15, -0.1) is 0 Å². The predicted molar refractivity (Wildman–Crippen MR) is 66.9 cm³/mol. The fourth-order valence-electron chi connectivity index (χ4n) is 2.17. The minimum Gasteiger partial charge on any atom is -0.478 e. The maximum absolute atomic E-state index is 10.8. The Morgan fingerprint density at radius 2 is 2.35 bits per heavy atom. The van der Waals surface area contributed by atoms with Crippen molar-refractivity contribution in [2.45, 2.75) is 32.2 Å². The molecular weight excluding hydrogens is 240 g/mol. The Bertz CT molecular complexity index is 437. The number of hydrogen-bond donors (Lipinski definition) is 1. The third-order valence-electron chi connectivity index (χ3n) is 3.14. The zero-order valence-electron chi connectivity index (χ0n) is 9.69. The molecule has 1 atom stereocenters. The molecule has 0 bridgehead atoms. The third-order valence-corrected chi connectivity index (χ3v) is 3.42. The number of halogens is 1. The molecule has 1 fully saturated rings. The average molecular weight is 255 g/mol. The van der Waals surface area contributed by atoms with Crippen LogP contribution in [0.2, 0.25) is 5.02 Å². The monoisotopic (exact) mass is 254 g/mol. The molecule has 2 rings (SSSR count). The first kappa shape index (κ1) is 12.2. The summed E-state index contributed by atoms with van der Waals surface area (Å²) in [6, 6.07) is 1.87. The van der Waals surface area contributed by atoms with Crippen molar-refractivity contribution in [3.63, 3.8) is 0 Å². The minimum atomic E-state index is -1.00. The Morgan fingerprint density at radius 3 is 2.94 bits per heavy atom. The molecule has 0 aromatic carbocycles. The first-order valence-electron chi connectivity index (χ1n) is 5.75. The number of pyridine rings is 1. The van der Waals surface area contributed by atoms with Gasteiger partial charge in [-0.05, 0) is 32.3 Å². The number of carboxylic acids is 1. The van der Waals surface area contributed by atoms with Crippen molar-refractivity contribution >= 4 is 23.4 Å². The van der Waals surface area contributed by atoms with E-state index in [1.807, 2.05) is 0 Å². The molecule has 2 heterocycles. The van der Waals surface area contributed by atoms with Gasteiger partial charge in [0.05, 0.1) is 10.6 Å². The maximum atomic E-state index is 10.8. The Hall–Kier alpha value is -1.29. The third kappa shape index (κ3) is 2.52. The van der Waals surface area contributed by atoms with Gasteiger partial charge >= 0.3 is 5.97 Å². The number of carbonyl (C=O) groups is 1. The summed E-state index contributed by atoms with van der Waals surface area (Å²) in [4.78, 5) is 17.1. The van der Waals surface area contributed by atoms with Gasteiger partial charge in [0.15, 0.2) is 0 Å². The number of hydrogen-bond acceptors (Lipinski definition) is 3. The van der Waals surface area contributed by atoms with Crippen LogP contribution in [0.15, 0.2) is 12.3 Å². The highest BCUT2D eigenvalue weighted by atomic mass is 35.5. The molecule has 0 radical (unpaired) electrons. The second kappa shape index (κ2) is 4.92. The maximum Gasteiger partial charge on any atom is 0.337 e. The lowest BCUT2D eigenvalue weighted by Gasteiger charge is -2.34. The second-order valence-electron chi connectivity index (χ2n) is 4.37. The van der Waals surface area contributed by atoms with E-state index in [4.69, 9.17) is 16.7 Å². The highest BCUT2D eigenvalue weighted by Gasteiger charge is 2.22. The second-order valence-corrected chi connectivity index (χ2v) is 4.78. The van der Waals surface area contributed by atoms with E-state index in [0.29, 0.717) is 16.9 Å². The lowest BCUT2D eigenvalue weighted by molar-refractivity contribution is 0.0696. The first-order valence-corrected chi connectivity index (χ1v) is 6.13. The van der Waals surface area contributed by atoms with E-state index in [1.54, 1.807) is 0 Å². The molecule has 4 nitrogen and oxygen atoms in total. The quantitative estimate of drug-likeness (QED) is 0.882. The van der Waals surface area contributed by atoms with Crippen LogP contribution in [-0.4, -0.2) is 28.6 Å². The smallest absolute Gasteiger partial charge is 0.337 e. The fraction of sp³-hybridized carbons (Fsp3) is 0.500. The fourth-order valence-corrected chi connectivity index (χ4v) is 2.45. The molecule has 17 heavy (non-hydrogen) atoms. The van der Waals surface area contributed by atoms with E-state index in [9.17, 15) is 4.79 Å². The SMILES string of the molecule is CC1CCCCN1c1ncc(C(=O)O)cc1Cl. The standard InChI is InChI=1S/C12H15ClN2O2/c1-8-4-2-3-5-15(8)11-10(13)6-9(7-14-11)12(16)17/h6-8H,2-5H2,1H3,(H,16,17). The van der Waals surface area contributed by atoms with Crippen LogP contribution < -0.4 is 4.90 Å². The van der Waals surface area contributed by atoms with Crippen LogP contribution in [0, 0.1) is 0 Å². The molecule has 0 spiro atoms. The molecule has 5 heteroatoms. The van der Waals surface area contributed by atoms with E-state index < -0.39 is 5.97 Å². The van der Waals surface area contributed by atoms with Crippen molar-refractivity contribution in [1.29, 1.82) is 0 Å². The zero-order chi connectivity index (χ0) is 12.4. The molecule has 0 amide bonds. The van der Waals surface area contributed by atoms with Crippen molar-refractivity contribution in [3.05, 3.63) is 22.8 Å². The van der Waals surface area contributed by atoms with Gasteiger partial charge in [0.1, 0.15) is 5.82 Å². The number of rotatable bonds is 2. The molecule has 1 N–H and O–H groups in total. The van der Waals surface area contributed by atoms with Crippen LogP contribution >= 0.6 is 11.6 Å². The number of piperidine rings is 1. The van der Waals surface area contributed by atoms with Crippen LogP contribution in [0.5, 0.6) is 0 Å². The molecule has 1 aliphatic heterocycles. The van der Waals surface area contributed by atoms with Gasteiger partial charge in [0.2, 0.25) is 0 Å². The predicted octanol–water partition coefficient (Wildman–Crippen LogP) is 2.81. The van der Waals surface area contributed by atoms with Crippen LogP contribution in [0.25, 0.3) is 0 Å². The molecule has 1 aromatic heterocycles. The Labute approximate surface area is 105 Å². The van der Waals surface area contributed by atoms with Gasteiger partial charge in [0, 0.05) is 18.8 Å². The molecule has 92 valence electrons. The number of aromatic nitrogens is 1. The van der Waals surface area contributed by atoms with Crippen molar-refractivity contribution < 1.29 is 9.90 Å². The Balaban J connectivity index is 2.29. The van der Waals surface area contributed by atoms with E-state index in [1.165, 1.54) is 18.7 Å². The van der Waals surface area contributed by atoms with Crippen LogP contribution in [0.4, 0.5) is 5.82 Å². The van der Waals surface area contributed by atoms with Crippen LogP contribution in [0.3, 0.4) is 0 Å². The Morgan fingerprint density at radius 1 is 1.59 bits per heavy atom. The molecule has 1 aromatic rings. The number of carboxylic acid groups (broad SMARTS) is 1. The number of anilines is 1. The molecular formula is C12H15ClN2O2. The van der Waals surface area contributed by atoms with Gasteiger partial charge in [-0.25, -0.2) is 9.78 Å². The van der Waals surface area contributed by atoms with E-state index >= 15 is 0 Å².